The van der Waals surface area contributed by atoms with Crippen molar-refractivity contribution in [3.05, 3.63) is 38.5 Å². The molecule has 2 rings (SSSR count). The molecule has 0 atom stereocenters. The second kappa shape index (κ2) is 7.31. The largest absolute Gasteiger partial charge is 0.493 e. The average molecular weight is 418 g/mol. The summed E-state index contributed by atoms with van der Waals surface area (Å²) in [5.74, 6) is 1.41. The molecule has 21 heavy (non-hydrogen) atoms. The van der Waals surface area contributed by atoms with Crippen LogP contribution in [0.2, 0.25) is 0 Å². The third-order valence-electron chi connectivity index (χ3n) is 3.20. The van der Waals surface area contributed by atoms with Gasteiger partial charge in [0.05, 0.1) is 27.4 Å². The number of methoxy groups -OCH3 is 1. The van der Waals surface area contributed by atoms with Crippen molar-refractivity contribution in [1.29, 1.82) is 0 Å². The summed E-state index contributed by atoms with van der Waals surface area (Å²) >= 11 is 7.12. The molecule has 0 amide bonds. The molecule has 0 aliphatic carbocycles. The third kappa shape index (κ3) is 3.43. The van der Waals surface area contributed by atoms with Crippen molar-refractivity contribution < 1.29 is 9.47 Å². The number of nitrogens with zero attached hydrogens (tertiary/aromatic N) is 2. The maximum Gasteiger partial charge on any atom is 0.175 e. The van der Waals surface area contributed by atoms with Crippen molar-refractivity contribution in [2.45, 2.75) is 33.4 Å². The highest BCUT2D eigenvalue weighted by Gasteiger charge is 2.16. The molecule has 2 aromatic rings. The Morgan fingerprint density at radius 1 is 1.24 bits per heavy atom. The van der Waals surface area contributed by atoms with E-state index in [0.29, 0.717) is 18.1 Å². The van der Waals surface area contributed by atoms with Crippen LogP contribution in [-0.2, 0) is 19.6 Å². The van der Waals surface area contributed by atoms with Gasteiger partial charge in [0, 0.05) is 6.54 Å². The maximum absolute atomic E-state index is 5.96. The standard InChI is InChI=1S/C15H18Br2N2O2/c1-4-11-14(17)12(19(5-2)18-11)9-21-15-10(16)7-6-8-13(15)20-3/h6-8H,4-5,9H2,1-3H3. The number of ether oxygens (including phenoxy) is 2. The molecular formula is C15H18Br2N2O2. The number of para-hydroxylation sites is 1. The zero-order valence-corrected chi connectivity index (χ0v) is 15.5. The highest BCUT2D eigenvalue weighted by atomic mass is 79.9. The van der Waals surface area contributed by atoms with Crippen LogP contribution < -0.4 is 9.47 Å². The number of benzene rings is 1. The second-order valence-electron chi connectivity index (χ2n) is 4.44. The second-order valence-corrected chi connectivity index (χ2v) is 6.08. The van der Waals surface area contributed by atoms with E-state index in [9.17, 15) is 0 Å². The van der Waals surface area contributed by atoms with E-state index in [1.807, 2.05) is 22.9 Å². The number of hydrogen-bond donors (Lipinski definition) is 0. The summed E-state index contributed by atoms with van der Waals surface area (Å²) in [7, 11) is 1.63. The lowest BCUT2D eigenvalue weighted by Crippen LogP contribution is -2.07. The van der Waals surface area contributed by atoms with Crippen molar-refractivity contribution in [3.8, 4) is 11.5 Å². The van der Waals surface area contributed by atoms with Crippen LogP contribution in [0.25, 0.3) is 0 Å². The predicted molar refractivity (Wildman–Crippen MR) is 90.0 cm³/mol. The Bertz CT molecular complexity index is 626. The Morgan fingerprint density at radius 2 is 2.00 bits per heavy atom. The van der Waals surface area contributed by atoms with Crippen LogP contribution in [0.1, 0.15) is 25.2 Å². The summed E-state index contributed by atoms with van der Waals surface area (Å²) < 4.78 is 15.2. The van der Waals surface area contributed by atoms with E-state index >= 15 is 0 Å². The van der Waals surface area contributed by atoms with Crippen LogP contribution in [0.5, 0.6) is 11.5 Å². The fourth-order valence-electron chi connectivity index (χ4n) is 2.09. The van der Waals surface area contributed by atoms with Crippen LogP contribution in [0.15, 0.2) is 27.1 Å². The predicted octanol–water partition coefficient (Wildman–Crippen LogP) is 4.58. The van der Waals surface area contributed by atoms with Gasteiger partial charge in [-0.1, -0.05) is 13.0 Å². The van der Waals surface area contributed by atoms with Crippen molar-refractivity contribution >= 4 is 31.9 Å². The molecule has 0 N–H and O–H groups in total. The summed E-state index contributed by atoms with van der Waals surface area (Å²) in [6.45, 7) is 5.40. The lowest BCUT2D eigenvalue weighted by atomic mass is 10.3. The summed E-state index contributed by atoms with van der Waals surface area (Å²) in [5, 5.41) is 4.57. The zero-order chi connectivity index (χ0) is 15.4. The molecule has 0 fully saturated rings. The van der Waals surface area contributed by atoms with E-state index in [-0.39, 0.29) is 0 Å². The Labute approximate surface area is 141 Å². The molecule has 4 nitrogen and oxygen atoms in total. The molecule has 0 unspecified atom stereocenters. The molecule has 0 bridgehead atoms. The van der Waals surface area contributed by atoms with Crippen molar-refractivity contribution in [1.82, 2.24) is 9.78 Å². The SMILES string of the molecule is CCc1nn(CC)c(COc2c(Br)cccc2OC)c1Br. The fraction of sp³-hybridized carbons (Fsp3) is 0.400. The van der Waals surface area contributed by atoms with E-state index in [1.165, 1.54) is 0 Å². The Hall–Kier alpha value is -1.01. The molecule has 1 aromatic carbocycles. The topological polar surface area (TPSA) is 36.3 Å². The normalized spacial score (nSPS) is 10.7. The first kappa shape index (κ1) is 16.4. The van der Waals surface area contributed by atoms with Gasteiger partial charge in [0.2, 0.25) is 0 Å². The molecule has 1 heterocycles. The zero-order valence-electron chi connectivity index (χ0n) is 12.3. The van der Waals surface area contributed by atoms with E-state index in [1.54, 1.807) is 7.11 Å². The smallest absolute Gasteiger partial charge is 0.175 e. The Balaban J connectivity index is 2.26. The minimum Gasteiger partial charge on any atom is -0.493 e. The number of rotatable bonds is 6. The maximum atomic E-state index is 5.96. The highest BCUT2D eigenvalue weighted by molar-refractivity contribution is 9.10. The molecular weight excluding hydrogens is 400 g/mol. The molecule has 0 spiro atoms. The number of aryl methyl sites for hydroxylation is 2. The van der Waals surface area contributed by atoms with Gasteiger partial charge in [-0.2, -0.15) is 5.10 Å². The van der Waals surface area contributed by atoms with Gasteiger partial charge in [0.15, 0.2) is 11.5 Å². The first-order valence-corrected chi connectivity index (χ1v) is 8.40. The molecule has 6 heteroatoms. The van der Waals surface area contributed by atoms with Crippen LogP contribution >= 0.6 is 31.9 Å². The minimum absolute atomic E-state index is 0.431. The van der Waals surface area contributed by atoms with Crippen LogP contribution in [-0.4, -0.2) is 16.9 Å². The van der Waals surface area contributed by atoms with Crippen molar-refractivity contribution in [2.75, 3.05) is 7.11 Å². The number of hydrogen-bond acceptors (Lipinski definition) is 3. The van der Waals surface area contributed by atoms with Crippen molar-refractivity contribution in [2.24, 2.45) is 0 Å². The number of aromatic nitrogens is 2. The van der Waals surface area contributed by atoms with Gasteiger partial charge >= 0.3 is 0 Å². The van der Waals surface area contributed by atoms with Crippen LogP contribution in [0, 0.1) is 0 Å². The van der Waals surface area contributed by atoms with E-state index in [4.69, 9.17) is 9.47 Å². The fourth-order valence-corrected chi connectivity index (χ4v) is 3.23. The first-order chi connectivity index (χ1) is 10.1. The number of halogens is 2. The van der Waals surface area contributed by atoms with Gasteiger partial charge < -0.3 is 9.47 Å². The molecule has 1 aromatic heterocycles. The first-order valence-electron chi connectivity index (χ1n) is 6.81. The van der Waals surface area contributed by atoms with Gasteiger partial charge in [-0.15, -0.1) is 0 Å². The molecule has 114 valence electrons. The van der Waals surface area contributed by atoms with Crippen molar-refractivity contribution in [3.63, 3.8) is 0 Å². The van der Waals surface area contributed by atoms with Gasteiger partial charge in [0.25, 0.3) is 0 Å². The molecule has 0 aliphatic heterocycles. The summed E-state index contributed by atoms with van der Waals surface area (Å²) in [6.07, 6.45) is 0.888. The Kier molecular flexibility index (Phi) is 5.70. The van der Waals surface area contributed by atoms with Gasteiger partial charge in [-0.05, 0) is 57.3 Å². The minimum atomic E-state index is 0.431. The molecule has 0 radical (unpaired) electrons. The van der Waals surface area contributed by atoms with E-state index in [2.05, 4.69) is 50.8 Å². The highest BCUT2D eigenvalue weighted by Crippen LogP contribution is 2.36. The monoisotopic (exact) mass is 416 g/mol. The lowest BCUT2D eigenvalue weighted by molar-refractivity contribution is 0.271. The van der Waals surface area contributed by atoms with Crippen LogP contribution in [0.3, 0.4) is 0 Å². The van der Waals surface area contributed by atoms with Gasteiger partial charge in [-0.3, -0.25) is 4.68 Å². The molecule has 0 saturated carbocycles. The molecule has 0 aliphatic rings. The third-order valence-corrected chi connectivity index (χ3v) is 4.74. The summed E-state index contributed by atoms with van der Waals surface area (Å²) in [4.78, 5) is 0. The summed E-state index contributed by atoms with van der Waals surface area (Å²) in [6, 6.07) is 5.72. The van der Waals surface area contributed by atoms with Gasteiger partial charge in [0.1, 0.15) is 6.61 Å². The lowest BCUT2D eigenvalue weighted by Gasteiger charge is -2.13. The van der Waals surface area contributed by atoms with E-state index < -0.39 is 0 Å². The van der Waals surface area contributed by atoms with Gasteiger partial charge in [-0.25, -0.2) is 0 Å². The average Bonchev–Trinajstić information content (AvgIpc) is 2.81. The van der Waals surface area contributed by atoms with E-state index in [0.717, 1.165) is 33.3 Å². The summed E-state index contributed by atoms with van der Waals surface area (Å²) in [5.41, 5.74) is 2.08. The quantitative estimate of drug-likeness (QED) is 0.690. The Morgan fingerprint density at radius 3 is 2.62 bits per heavy atom. The van der Waals surface area contributed by atoms with Crippen LogP contribution in [0.4, 0.5) is 0 Å². The molecule has 0 saturated heterocycles.